The minimum Gasteiger partial charge on any atom is -0.390 e. The monoisotopic (exact) mass is 447 g/mol. The molecule has 2 aliphatic rings. The average molecular weight is 448 g/mol. The van der Waals surface area contributed by atoms with Crippen LogP contribution < -0.4 is 5.32 Å². The number of amides is 2. The molecule has 4 heterocycles. The van der Waals surface area contributed by atoms with Crippen molar-refractivity contribution < 1.29 is 14.6 Å². The highest BCUT2D eigenvalue weighted by Gasteiger charge is 2.50. The van der Waals surface area contributed by atoms with Gasteiger partial charge in [0.1, 0.15) is 0 Å². The first-order chi connectivity index (χ1) is 15.5. The van der Waals surface area contributed by atoms with Crippen LogP contribution in [0.25, 0.3) is 21.7 Å². The Balaban J connectivity index is 1.49. The number of carbonyl (C=O) groups excluding carboxylic acids is 1. The minimum atomic E-state index is -0.179. The SMILES string of the molecule is Cc1cc(-c2sc(NC(=O)N3CC4(COC4)C3)nc2-c2cccc(C#N)c2)cc(CO)n1. The van der Waals surface area contributed by atoms with E-state index in [1.807, 2.05) is 31.2 Å². The van der Waals surface area contributed by atoms with Crippen molar-refractivity contribution in [3.05, 3.63) is 53.3 Å². The van der Waals surface area contributed by atoms with Gasteiger partial charge in [-0.15, -0.1) is 0 Å². The molecule has 3 aromatic rings. The summed E-state index contributed by atoms with van der Waals surface area (Å²) in [7, 11) is 0. The fourth-order valence-corrected chi connectivity index (χ4v) is 5.07. The molecule has 2 N–H and O–H groups in total. The number of hydrogen-bond acceptors (Lipinski definition) is 7. The number of anilines is 1. The van der Waals surface area contributed by atoms with Gasteiger partial charge in [-0.3, -0.25) is 10.3 Å². The van der Waals surface area contributed by atoms with E-state index >= 15 is 0 Å². The van der Waals surface area contributed by atoms with Crippen LogP contribution in [0.15, 0.2) is 36.4 Å². The third kappa shape index (κ3) is 3.73. The lowest BCUT2D eigenvalue weighted by atomic mass is 9.78. The summed E-state index contributed by atoms with van der Waals surface area (Å²) in [5, 5.41) is 22.3. The highest BCUT2D eigenvalue weighted by atomic mass is 32.1. The summed E-state index contributed by atoms with van der Waals surface area (Å²) >= 11 is 1.36. The molecule has 32 heavy (non-hydrogen) atoms. The normalized spacial score (nSPS) is 16.2. The largest absolute Gasteiger partial charge is 0.390 e. The number of benzene rings is 1. The zero-order chi connectivity index (χ0) is 22.3. The lowest BCUT2D eigenvalue weighted by Gasteiger charge is -2.54. The van der Waals surface area contributed by atoms with E-state index in [1.54, 1.807) is 17.0 Å². The maximum atomic E-state index is 12.7. The lowest BCUT2D eigenvalue weighted by Crippen LogP contribution is -2.67. The van der Waals surface area contributed by atoms with Crippen molar-refractivity contribution in [3.63, 3.8) is 0 Å². The van der Waals surface area contributed by atoms with E-state index in [4.69, 9.17) is 9.72 Å². The average Bonchev–Trinajstić information content (AvgIpc) is 3.15. The molecule has 2 saturated heterocycles. The maximum absolute atomic E-state index is 12.7. The molecule has 5 rings (SSSR count). The molecule has 0 unspecified atom stereocenters. The van der Waals surface area contributed by atoms with Gasteiger partial charge in [0.05, 0.1) is 53.1 Å². The Morgan fingerprint density at radius 2 is 2.09 bits per heavy atom. The summed E-state index contributed by atoms with van der Waals surface area (Å²) in [6, 6.07) is 12.9. The molecular weight excluding hydrogens is 426 g/mol. The van der Waals surface area contributed by atoms with Crippen molar-refractivity contribution in [3.8, 4) is 27.8 Å². The second kappa shape index (κ2) is 7.98. The van der Waals surface area contributed by atoms with Crippen molar-refractivity contribution in [1.29, 1.82) is 5.26 Å². The van der Waals surface area contributed by atoms with E-state index < -0.39 is 0 Å². The van der Waals surface area contributed by atoms with Crippen molar-refractivity contribution in [2.45, 2.75) is 13.5 Å². The number of aliphatic hydroxyl groups excluding tert-OH is 1. The zero-order valence-electron chi connectivity index (χ0n) is 17.5. The summed E-state index contributed by atoms with van der Waals surface area (Å²) in [4.78, 5) is 24.4. The Morgan fingerprint density at radius 1 is 1.28 bits per heavy atom. The molecule has 162 valence electrons. The number of carbonyl (C=O) groups is 1. The van der Waals surface area contributed by atoms with Crippen molar-refractivity contribution in [1.82, 2.24) is 14.9 Å². The predicted molar refractivity (Wildman–Crippen MR) is 120 cm³/mol. The molecule has 0 radical (unpaired) electrons. The molecular formula is C23H21N5O3S. The molecule has 1 spiro atoms. The third-order valence-electron chi connectivity index (χ3n) is 5.69. The van der Waals surface area contributed by atoms with Gasteiger partial charge in [0.2, 0.25) is 0 Å². The number of nitrogens with zero attached hydrogens (tertiary/aromatic N) is 4. The summed E-state index contributed by atoms with van der Waals surface area (Å²) in [6.45, 7) is 4.51. The molecule has 9 heteroatoms. The van der Waals surface area contributed by atoms with E-state index in [-0.39, 0.29) is 18.1 Å². The topological polar surface area (TPSA) is 111 Å². The number of aryl methyl sites for hydroxylation is 1. The Bertz CT molecular complexity index is 1240. The highest BCUT2D eigenvalue weighted by Crippen LogP contribution is 2.41. The standard InChI is InChI=1S/C23H21N5O3S/c1-14-5-17(7-18(9-29)25-14)20-19(16-4-2-3-15(6-16)8-24)26-21(32-20)27-22(30)28-10-23(11-28)12-31-13-23/h2-7,29H,9-13H2,1H3,(H,26,27,30). The van der Waals surface area contributed by atoms with Gasteiger partial charge >= 0.3 is 6.03 Å². The smallest absolute Gasteiger partial charge is 0.323 e. The fraction of sp³-hybridized carbons (Fsp3) is 0.304. The molecule has 0 aliphatic carbocycles. The molecule has 0 bridgehead atoms. The van der Waals surface area contributed by atoms with Crippen molar-refractivity contribution in [2.24, 2.45) is 5.41 Å². The zero-order valence-corrected chi connectivity index (χ0v) is 18.3. The van der Waals surface area contributed by atoms with Gasteiger partial charge in [0.25, 0.3) is 0 Å². The number of pyridine rings is 1. The quantitative estimate of drug-likeness (QED) is 0.634. The second-order valence-electron chi connectivity index (χ2n) is 8.32. The molecule has 0 saturated carbocycles. The number of rotatable bonds is 4. The van der Waals surface area contributed by atoms with E-state index in [1.165, 1.54) is 11.3 Å². The summed E-state index contributed by atoms with van der Waals surface area (Å²) < 4.78 is 5.28. The number of nitriles is 1. The summed E-state index contributed by atoms with van der Waals surface area (Å²) in [5.41, 5.74) is 4.31. The molecule has 1 aromatic carbocycles. The summed E-state index contributed by atoms with van der Waals surface area (Å²) in [6.07, 6.45) is 0. The van der Waals surface area contributed by atoms with E-state index in [2.05, 4.69) is 16.4 Å². The minimum absolute atomic E-state index is 0.142. The Labute approximate surface area is 189 Å². The first kappa shape index (κ1) is 20.6. The summed E-state index contributed by atoms with van der Waals surface area (Å²) in [5.74, 6) is 0. The third-order valence-corrected chi connectivity index (χ3v) is 6.71. The van der Waals surface area contributed by atoms with Crippen molar-refractivity contribution in [2.75, 3.05) is 31.6 Å². The van der Waals surface area contributed by atoms with Crippen LogP contribution in [0.2, 0.25) is 0 Å². The maximum Gasteiger partial charge on any atom is 0.323 e. The van der Waals surface area contributed by atoms with Gasteiger partial charge in [-0.2, -0.15) is 5.26 Å². The van der Waals surface area contributed by atoms with Crippen LogP contribution in [0.4, 0.5) is 9.93 Å². The molecule has 2 amide bonds. The predicted octanol–water partition coefficient (Wildman–Crippen LogP) is 3.41. The van der Waals surface area contributed by atoms with Crippen LogP contribution >= 0.6 is 11.3 Å². The Kier molecular flexibility index (Phi) is 5.13. The van der Waals surface area contributed by atoms with Gasteiger partial charge in [-0.1, -0.05) is 23.5 Å². The van der Waals surface area contributed by atoms with Crippen LogP contribution in [0, 0.1) is 23.7 Å². The van der Waals surface area contributed by atoms with E-state index in [0.717, 1.165) is 21.7 Å². The van der Waals surface area contributed by atoms with Gasteiger partial charge in [0, 0.05) is 24.3 Å². The number of thiazole rings is 1. The second-order valence-corrected chi connectivity index (χ2v) is 9.31. The number of urea groups is 1. The lowest BCUT2D eigenvalue weighted by molar-refractivity contribution is -0.174. The molecule has 0 atom stereocenters. The van der Waals surface area contributed by atoms with Crippen molar-refractivity contribution >= 4 is 22.5 Å². The van der Waals surface area contributed by atoms with E-state index in [9.17, 15) is 15.2 Å². The molecule has 2 fully saturated rings. The first-order valence-electron chi connectivity index (χ1n) is 10.2. The number of ether oxygens (including phenoxy) is 1. The Hall–Kier alpha value is -3.32. The van der Waals surface area contributed by atoms with Gasteiger partial charge in [-0.05, 0) is 36.8 Å². The molecule has 2 aliphatic heterocycles. The number of nitrogens with one attached hydrogen (secondary N) is 1. The number of aliphatic hydroxyl groups is 1. The molecule has 2 aromatic heterocycles. The van der Waals surface area contributed by atoms with Gasteiger partial charge in [0.15, 0.2) is 5.13 Å². The van der Waals surface area contributed by atoms with Crippen LogP contribution in [-0.4, -0.2) is 52.3 Å². The number of aromatic nitrogens is 2. The molecule has 8 nitrogen and oxygen atoms in total. The van der Waals surface area contributed by atoms with Gasteiger partial charge in [-0.25, -0.2) is 9.78 Å². The fourth-order valence-electron chi connectivity index (χ4n) is 4.10. The Morgan fingerprint density at radius 3 is 2.78 bits per heavy atom. The first-order valence-corrected chi connectivity index (χ1v) is 11.0. The van der Waals surface area contributed by atoms with E-state index in [0.29, 0.717) is 48.4 Å². The number of likely N-dealkylation sites (tertiary alicyclic amines) is 1. The highest BCUT2D eigenvalue weighted by molar-refractivity contribution is 7.19. The van der Waals surface area contributed by atoms with Crippen LogP contribution in [0.5, 0.6) is 0 Å². The van der Waals surface area contributed by atoms with Crippen LogP contribution in [-0.2, 0) is 11.3 Å². The number of hydrogen-bond donors (Lipinski definition) is 2. The van der Waals surface area contributed by atoms with Gasteiger partial charge < -0.3 is 14.7 Å². The van der Waals surface area contributed by atoms with Crippen LogP contribution in [0.3, 0.4) is 0 Å². The van der Waals surface area contributed by atoms with Crippen LogP contribution in [0.1, 0.15) is 17.0 Å².